The van der Waals surface area contributed by atoms with Crippen LogP contribution in [0.25, 0.3) is 0 Å². The lowest BCUT2D eigenvalue weighted by atomic mass is 10.7. The SMILES string of the molecule is CN1C=CN(C)C1/N=N/C=N/N=c1n(C)ccn1C. The molecule has 1 aromatic heterocycles. The van der Waals surface area contributed by atoms with E-state index in [2.05, 4.69) is 20.4 Å². The van der Waals surface area contributed by atoms with Crippen molar-refractivity contribution in [2.75, 3.05) is 14.1 Å². The summed E-state index contributed by atoms with van der Waals surface area (Å²) in [6, 6.07) is 0. The van der Waals surface area contributed by atoms with Crippen LogP contribution in [-0.4, -0.2) is 45.7 Å². The molecule has 1 aliphatic heterocycles. The molecular formula is C11H18N8. The van der Waals surface area contributed by atoms with Gasteiger partial charge in [-0.05, 0) is 0 Å². The number of hydrogen-bond acceptors (Lipinski definition) is 5. The number of azo groups is 1. The van der Waals surface area contributed by atoms with Gasteiger partial charge in [0.1, 0.15) is 0 Å². The zero-order chi connectivity index (χ0) is 13.8. The van der Waals surface area contributed by atoms with E-state index in [4.69, 9.17) is 0 Å². The highest BCUT2D eigenvalue weighted by Crippen LogP contribution is 2.11. The maximum absolute atomic E-state index is 4.14. The molecule has 8 heteroatoms. The molecule has 0 aliphatic carbocycles. The van der Waals surface area contributed by atoms with Crippen molar-refractivity contribution >= 4 is 6.34 Å². The molecule has 2 rings (SSSR count). The molecule has 0 aromatic carbocycles. The van der Waals surface area contributed by atoms with Crippen LogP contribution in [-0.2, 0) is 14.1 Å². The van der Waals surface area contributed by atoms with Crippen LogP contribution < -0.4 is 5.62 Å². The first kappa shape index (κ1) is 13.1. The first-order valence-corrected chi connectivity index (χ1v) is 5.85. The topological polar surface area (TPSA) is 65.8 Å². The van der Waals surface area contributed by atoms with E-state index in [9.17, 15) is 0 Å². The van der Waals surface area contributed by atoms with Gasteiger partial charge in [0.25, 0.3) is 0 Å². The molecule has 0 amide bonds. The van der Waals surface area contributed by atoms with Gasteiger partial charge >= 0.3 is 0 Å². The van der Waals surface area contributed by atoms with E-state index >= 15 is 0 Å². The third kappa shape index (κ3) is 2.90. The van der Waals surface area contributed by atoms with E-state index in [0.29, 0.717) is 0 Å². The second-order valence-corrected chi connectivity index (χ2v) is 4.36. The highest BCUT2D eigenvalue weighted by atomic mass is 15.5. The third-order valence-electron chi connectivity index (χ3n) is 2.83. The zero-order valence-electron chi connectivity index (χ0n) is 11.5. The van der Waals surface area contributed by atoms with Crippen LogP contribution in [0.1, 0.15) is 0 Å². The van der Waals surface area contributed by atoms with Crippen molar-refractivity contribution in [2.24, 2.45) is 34.5 Å². The minimum Gasteiger partial charge on any atom is -0.340 e. The fourth-order valence-electron chi connectivity index (χ4n) is 1.73. The Morgan fingerprint density at radius 3 is 2.16 bits per heavy atom. The molecule has 8 nitrogen and oxygen atoms in total. The predicted octanol–water partition coefficient (Wildman–Crippen LogP) is 0.292. The Balaban J connectivity index is 2.00. The van der Waals surface area contributed by atoms with Gasteiger partial charge in [-0.2, -0.15) is 0 Å². The molecule has 0 radical (unpaired) electrons. The van der Waals surface area contributed by atoms with Crippen LogP contribution in [0.15, 0.2) is 45.2 Å². The van der Waals surface area contributed by atoms with Crippen LogP contribution in [0.2, 0.25) is 0 Å². The van der Waals surface area contributed by atoms with Gasteiger partial charge in [0.15, 0.2) is 6.34 Å². The summed E-state index contributed by atoms with van der Waals surface area (Å²) < 4.78 is 3.74. The summed E-state index contributed by atoms with van der Waals surface area (Å²) in [5, 5.41) is 16.0. The Bertz CT molecular complexity index is 541. The molecule has 0 fully saturated rings. The Morgan fingerprint density at radius 2 is 1.58 bits per heavy atom. The van der Waals surface area contributed by atoms with Crippen LogP contribution in [0.5, 0.6) is 0 Å². The quantitative estimate of drug-likeness (QED) is 0.340. The summed E-state index contributed by atoms with van der Waals surface area (Å²) in [6.07, 6.45) is 8.92. The molecule has 0 spiro atoms. The van der Waals surface area contributed by atoms with E-state index in [-0.39, 0.29) is 6.29 Å². The lowest BCUT2D eigenvalue weighted by Gasteiger charge is -2.21. The summed E-state index contributed by atoms with van der Waals surface area (Å²) >= 11 is 0. The molecule has 0 bridgehead atoms. The van der Waals surface area contributed by atoms with E-state index in [1.54, 1.807) is 0 Å². The van der Waals surface area contributed by atoms with Crippen molar-refractivity contribution < 1.29 is 0 Å². The molecule has 19 heavy (non-hydrogen) atoms. The van der Waals surface area contributed by atoms with E-state index in [0.717, 1.165) is 5.62 Å². The Morgan fingerprint density at radius 1 is 1.00 bits per heavy atom. The van der Waals surface area contributed by atoms with Gasteiger partial charge in [0.05, 0.1) is 0 Å². The third-order valence-corrected chi connectivity index (χ3v) is 2.83. The zero-order valence-corrected chi connectivity index (χ0v) is 11.5. The lowest BCUT2D eigenvalue weighted by Crippen LogP contribution is -2.31. The molecule has 1 aromatic rings. The van der Waals surface area contributed by atoms with Gasteiger partial charge in [0, 0.05) is 53.0 Å². The maximum atomic E-state index is 4.14. The number of imidazole rings is 1. The molecule has 0 N–H and O–H groups in total. The smallest absolute Gasteiger partial charge is 0.229 e. The number of aromatic nitrogens is 2. The van der Waals surface area contributed by atoms with Crippen LogP contribution >= 0.6 is 0 Å². The Labute approximate surface area is 111 Å². The van der Waals surface area contributed by atoms with Gasteiger partial charge in [0.2, 0.25) is 11.9 Å². The Kier molecular flexibility index (Phi) is 3.79. The molecule has 2 heterocycles. The van der Waals surface area contributed by atoms with Gasteiger partial charge in [-0.3, -0.25) is 0 Å². The first-order chi connectivity index (χ1) is 9.09. The van der Waals surface area contributed by atoms with Crippen molar-refractivity contribution in [1.82, 2.24) is 18.9 Å². The summed E-state index contributed by atoms with van der Waals surface area (Å²) in [5.41, 5.74) is 0.739. The molecule has 0 atom stereocenters. The predicted molar refractivity (Wildman–Crippen MR) is 71.7 cm³/mol. The lowest BCUT2D eigenvalue weighted by molar-refractivity contribution is 0.207. The van der Waals surface area contributed by atoms with Crippen molar-refractivity contribution in [2.45, 2.75) is 6.29 Å². The minimum atomic E-state index is -0.113. The normalized spacial score (nSPS) is 16.4. The molecular weight excluding hydrogens is 244 g/mol. The minimum absolute atomic E-state index is 0.113. The van der Waals surface area contributed by atoms with E-state index in [1.807, 2.05) is 71.9 Å². The largest absolute Gasteiger partial charge is 0.340 e. The van der Waals surface area contributed by atoms with Crippen LogP contribution in [0.3, 0.4) is 0 Å². The average molecular weight is 262 g/mol. The number of hydrogen-bond donors (Lipinski definition) is 0. The van der Waals surface area contributed by atoms with Crippen molar-refractivity contribution in [3.8, 4) is 0 Å². The fraction of sp³-hybridized carbons (Fsp3) is 0.455. The second kappa shape index (κ2) is 5.51. The molecule has 0 saturated carbocycles. The van der Waals surface area contributed by atoms with E-state index < -0.39 is 0 Å². The van der Waals surface area contributed by atoms with Crippen molar-refractivity contribution in [3.05, 3.63) is 30.4 Å². The summed E-state index contributed by atoms with van der Waals surface area (Å²) in [5.74, 6) is 0. The van der Waals surface area contributed by atoms with Crippen LogP contribution in [0, 0.1) is 0 Å². The molecule has 0 saturated heterocycles. The van der Waals surface area contributed by atoms with Gasteiger partial charge in [-0.15, -0.1) is 20.4 Å². The average Bonchev–Trinajstić information content (AvgIpc) is 2.86. The number of aryl methyl sites for hydroxylation is 2. The van der Waals surface area contributed by atoms with Gasteiger partial charge in [-0.1, -0.05) is 0 Å². The van der Waals surface area contributed by atoms with Crippen molar-refractivity contribution in [3.63, 3.8) is 0 Å². The number of nitrogens with zero attached hydrogens (tertiary/aromatic N) is 8. The van der Waals surface area contributed by atoms with E-state index in [1.165, 1.54) is 6.34 Å². The molecule has 1 aliphatic rings. The highest BCUT2D eigenvalue weighted by Gasteiger charge is 2.18. The first-order valence-electron chi connectivity index (χ1n) is 5.85. The standard InChI is InChI=1S/C11H18N8/c1-16-5-6-17(2)10(16)14-12-9-13-15-11-18(3)7-8-19(11)4/h5-10H,1-4H3/b13-9+,14-12+. The monoisotopic (exact) mass is 262 g/mol. The summed E-state index contributed by atoms with van der Waals surface area (Å²) in [6.45, 7) is 0. The van der Waals surface area contributed by atoms with Crippen LogP contribution in [0.4, 0.5) is 0 Å². The maximum Gasteiger partial charge on any atom is 0.229 e. The van der Waals surface area contributed by atoms with Crippen molar-refractivity contribution in [1.29, 1.82) is 0 Å². The second-order valence-electron chi connectivity index (χ2n) is 4.36. The molecule has 0 unspecified atom stereocenters. The number of rotatable bonds is 3. The summed E-state index contributed by atoms with van der Waals surface area (Å²) in [7, 11) is 7.69. The fourth-order valence-corrected chi connectivity index (χ4v) is 1.73. The Hall–Kier alpha value is -2.38. The highest BCUT2D eigenvalue weighted by molar-refractivity contribution is 5.53. The van der Waals surface area contributed by atoms with Gasteiger partial charge < -0.3 is 18.9 Å². The molecule has 102 valence electrons. The van der Waals surface area contributed by atoms with Gasteiger partial charge in [-0.25, -0.2) is 0 Å². The summed E-state index contributed by atoms with van der Waals surface area (Å²) in [4.78, 5) is 3.90.